The van der Waals surface area contributed by atoms with Gasteiger partial charge in [0.2, 0.25) is 15.9 Å². The summed E-state index contributed by atoms with van der Waals surface area (Å²) < 4.78 is 66.3. The van der Waals surface area contributed by atoms with Gasteiger partial charge in [0.05, 0.1) is 4.90 Å². The van der Waals surface area contributed by atoms with Gasteiger partial charge in [-0.2, -0.15) is 17.5 Å². The molecule has 1 aliphatic heterocycles. The Balaban J connectivity index is 1.87. The van der Waals surface area contributed by atoms with Crippen molar-refractivity contribution in [3.05, 3.63) is 29.3 Å². The first-order valence-corrected chi connectivity index (χ1v) is 11.0. The minimum Gasteiger partial charge on any atom is -0.329 e. The van der Waals surface area contributed by atoms with Gasteiger partial charge in [0.25, 0.3) is 0 Å². The topological polar surface area (TPSA) is 57.7 Å². The van der Waals surface area contributed by atoms with Crippen molar-refractivity contribution in [2.75, 3.05) is 13.1 Å². The van der Waals surface area contributed by atoms with Gasteiger partial charge < -0.3 is 4.90 Å². The highest BCUT2D eigenvalue weighted by Crippen LogP contribution is 2.37. The van der Waals surface area contributed by atoms with Gasteiger partial charge in [0.1, 0.15) is 12.6 Å². The third-order valence-corrected chi connectivity index (χ3v) is 7.51. The zero-order chi connectivity index (χ0) is 20.7. The maximum Gasteiger partial charge on any atom is 0.406 e. The number of hydrogen-bond acceptors (Lipinski definition) is 3. The molecule has 1 aromatic rings. The summed E-state index contributed by atoms with van der Waals surface area (Å²) in [4.78, 5) is 13.8. The fourth-order valence-corrected chi connectivity index (χ4v) is 5.43. The number of nitrogens with zero attached hydrogens (tertiary/aromatic N) is 2. The summed E-state index contributed by atoms with van der Waals surface area (Å²) in [5.74, 6) is -0.735. The van der Waals surface area contributed by atoms with Crippen LogP contribution < -0.4 is 0 Å². The van der Waals surface area contributed by atoms with Gasteiger partial charge in [-0.1, -0.05) is 11.6 Å². The highest BCUT2D eigenvalue weighted by molar-refractivity contribution is 7.89. The summed E-state index contributed by atoms with van der Waals surface area (Å²) in [6.45, 7) is 0.335. The van der Waals surface area contributed by atoms with Crippen LogP contribution >= 0.6 is 11.6 Å². The molecule has 2 unspecified atom stereocenters. The van der Waals surface area contributed by atoms with Crippen LogP contribution in [-0.2, 0) is 14.8 Å². The molecule has 3 rings (SSSR count). The summed E-state index contributed by atoms with van der Waals surface area (Å²) in [7, 11) is -4.01. The maximum atomic E-state index is 13.1. The predicted octanol–water partition coefficient (Wildman–Crippen LogP) is 3.68. The Morgan fingerprint density at radius 1 is 1.25 bits per heavy atom. The minimum absolute atomic E-state index is 0.0331. The fourth-order valence-electron chi connectivity index (χ4n) is 3.66. The Morgan fingerprint density at radius 2 is 1.86 bits per heavy atom. The number of hydrogen-bond donors (Lipinski definition) is 0. The van der Waals surface area contributed by atoms with Crippen LogP contribution in [0.5, 0.6) is 0 Å². The Hall–Kier alpha value is -1.32. The summed E-state index contributed by atoms with van der Waals surface area (Å²) >= 11 is 5.80. The van der Waals surface area contributed by atoms with E-state index < -0.39 is 40.7 Å². The van der Waals surface area contributed by atoms with E-state index in [2.05, 4.69) is 0 Å². The molecule has 1 aliphatic carbocycles. The third kappa shape index (κ3) is 4.63. The minimum atomic E-state index is -4.54. The van der Waals surface area contributed by atoms with Crippen molar-refractivity contribution in [2.24, 2.45) is 5.92 Å². The Morgan fingerprint density at radius 3 is 2.39 bits per heavy atom. The molecule has 2 aliphatic rings. The van der Waals surface area contributed by atoms with E-state index in [0.717, 1.165) is 22.0 Å². The normalized spacial score (nSPS) is 22.2. The average Bonchev–Trinajstić information content (AvgIpc) is 3.34. The SMILES string of the molecule is CC(C1CC1)N(CC(F)(F)F)C(=O)C1CCCN1S(=O)(=O)c1ccc(Cl)cc1. The van der Waals surface area contributed by atoms with Crippen LogP contribution in [0.4, 0.5) is 13.2 Å². The summed E-state index contributed by atoms with van der Waals surface area (Å²) in [6.07, 6.45) is -2.36. The Bertz CT molecular complexity index is 825. The van der Waals surface area contributed by atoms with E-state index in [4.69, 9.17) is 11.6 Å². The molecule has 28 heavy (non-hydrogen) atoms. The smallest absolute Gasteiger partial charge is 0.329 e. The lowest BCUT2D eigenvalue weighted by Crippen LogP contribution is -2.53. The lowest BCUT2D eigenvalue weighted by molar-refractivity contribution is -0.168. The molecule has 156 valence electrons. The number of halogens is 4. The molecule has 1 saturated carbocycles. The summed E-state index contributed by atoms with van der Waals surface area (Å²) in [5, 5.41) is 0.364. The molecule has 0 N–H and O–H groups in total. The number of carbonyl (C=O) groups is 1. The van der Waals surface area contributed by atoms with E-state index in [1.807, 2.05) is 0 Å². The van der Waals surface area contributed by atoms with E-state index >= 15 is 0 Å². The van der Waals surface area contributed by atoms with Gasteiger partial charge >= 0.3 is 6.18 Å². The zero-order valence-corrected chi connectivity index (χ0v) is 16.9. The first-order valence-electron chi connectivity index (χ1n) is 9.15. The molecule has 2 atom stereocenters. The molecule has 0 aromatic heterocycles. The molecule has 10 heteroatoms. The van der Waals surface area contributed by atoms with E-state index in [9.17, 15) is 26.4 Å². The number of alkyl halides is 3. The predicted molar refractivity (Wildman–Crippen MR) is 98.3 cm³/mol. The van der Waals surface area contributed by atoms with Gasteiger partial charge in [-0.25, -0.2) is 8.42 Å². The second-order valence-electron chi connectivity index (χ2n) is 7.39. The number of rotatable bonds is 6. The summed E-state index contributed by atoms with van der Waals surface area (Å²) in [5.41, 5.74) is 0. The molecule has 1 aromatic carbocycles. The largest absolute Gasteiger partial charge is 0.406 e. The molecule has 1 heterocycles. The van der Waals surface area contributed by atoms with Crippen molar-refractivity contribution in [3.63, 3.8) is 0 Å². The molecular weight excluding hydrogens is 417 g/mol. The van der Waals surface area contributed by atoms with Crippen molar-refractivity contribution < 1.29 is 26.4 Å². The van der Waals surface area contributed by atoms with Gasteiger partial charge in [-0.3, -0.25) is 4.79 Å². The van der Waals surface area contributed by atoms with Crippen LogP contribution in [0.15, 0.2) is 29.2 Å². The van der Waals surface area contributed by atoms with Crippen LogP contribution in [0.1, 0.15) is 32.6 Å². The third-order valence-electron chi connectivity index (χ3n) is 5.34. The highest BCUT2D eigenvalue weighted by atomic mass is 35.5. The van der Waals surface area contributed by atoms with E-state index in [1.54, 1.807) is 6.92 Å². The van der Waals surface area contributed by atoms with Crippen LogP contribution in [-0.4, -0.2) is 54.9 Å². The average molecular weight is 439 g/mol. The van der Waals surface area contributed by atoms with Crippen molar-refractivity contribution in [1.29, 1.82) is 0 Å². The van der Waals surface area contributed by atoms with Crippen molar-refractivity contribution >= 4 is 27.5 Å². The van der Waals surface area contributed by atoms with Crippen molar-refractivity contribution in [3.8, 4) is 0 Å². The molecule has 2 fully saturated rings. The second-order valence-corrected chi connectivity index (χ2v) is 9.71. The van der Waals surface area contributed by atoms with Gasteiger partial charge in [0, 0.05) is 17.6 Å². The number of sulfonamides is 1. The maximum absolute atomic E-state index is 13.1. The van der Waals surface area contributed by atoms with E-state index in [-0.39, 0.29) is 23.8 Å². The van der Waals surface area contributed by atoms with E-state index in [0.29, 0.717) is 11.4 Å². The lowest BCUT2D eigenvalue weighted by Gasteiger charge is -2.34. The van der Waals surface area contributed by atoms with Crippen molar-refractivity contribution in [1.82, 2.24) is 9.21 Å². The first kappa shape index (κ1) is 21.4. The van der Waals surface area contributed by atoms with Crippen LogP contribution in [0.3, 0.4) is 0 Å². The molecule has 1 amide bonds. The van der Waals surface area contributed by atoms with Crippen LogP contribution in [0, 0.1) is 5.92 Å². The second kappa shape index (κ2) is 7.84. The molecule has 0 radical (unpaired) electrons. The Kier molecular flexibility index (Phi) is 5.99. The van der Waals surface area contributed by atoms with Crippen molar-refractivity contribution in [2.45, 2.75) is 55.8 Å². The van der Waals surface area contributed by atoms with E-state index in [1.165, 1.54) is 24.3 Å². The van der Waals surface area contributed by atoms with Crippen LogP contribution in [0.2, 0.25) is 5.02 Å². The fraction of sp³-hybridized carbons (Fsp3) is 0.611. The summed E-state index contributed by atoms with van der Waals surface area (Å²) in [6, 6.07) is 3.81. The molecular formula is C18H22ClF3N2O3S. The molecule has 0 bridgehead atoms. The first-order chi connectivity index (χ1) is 13.0. The number of benzene rings is 1. The lowest BCUT2D eigenvalue weighted by atomic mass is 10.1. The van der Waals surface area contributed by atoms with Gasteiger partial charge in [-0.15, -0.1) is 0 Å². The molecule has 1 saturated heterocycles. The van der Waals surface area contributed by atoms with Gasteiger partial charge in [-0.05, 0) is 62.8 Å². The number of carbonyl (C=O) groups excluding carboxylic acids is 1. The highest BCUT2D eigenvalue weighted by Gasteiger charge is 2.46. The quantitative estimate of drug-likeness (QED) is 0.680. The standard InChI is InChI=1S/C18H22ClF3N2O3S/c1-12(13-4-5-13)23(11-18(20,21)22)17(25)16-3-2-10-24(16)28(26,27)15-8-6-14(19)7-9-15/h6-9,12-13,16H,2-5,10-11H2,1H3. The Labute approximate surface area is 167 Å². The zero-order valence-electron chi connectivity index (χ0n) is 15.3. The monoisotopic (exact) mass is 438 g/mol. The molecule has 0 spiro atoms. The number of amides is 1. The van der Waals surface area contributed by atoms with Crippen LogP contribution in [0.25, 0.3) is 0 Å². The molecule has 5 nitrogen and oxygen atoms in total. The van der Waals surface area contributed by atoms with Gasteiger partial charge in [0.15, 0.2) is 0 Å².